The largest absolute Gasteiger partial charge is 0.418 e. The number of nitrogens with zero attached hydrogens (tertiary/aromatic N) is 4. The first-order chi connectivity index (χ1) is 16.9. The van der Waals surface area contributed by atoms with Crippen molar-refractivity contribution in [2.24, 2.45) is 7.05 Å². The second kappa shape index (κ2) is 8.32. The average Bonchev–Trinajstić information content (AvgIpc) is 3.61. The van der Waals surface area contributed by atoms with E-state index in [1.165, 1.54) is 30.8 Å². The highest BCUT2D eigenvalue weighted by molar-refractivity contribution is 7.91. The van der Waals surface area contributed by atoms with Gasteiger partial charge in [-0.15, -0.1) is 0 Å². The Kier molecular flexibility index (Phi) is 5.62. The van der Waals surface area contributed by atoms with Gasteiger partial charge >= 0.3 is 6.18 Å². The van der Waals surface area contributed by atoms with Crippen molar-refractivity contribution in [3.63, 3.8) is 0 Å². The molecule has 0 aliphatic heterocycles. The zero-order chi connectivity index (χ0) is 26.0. The minimum Gasteiger partial charge on any atom is -0.310 e. The summed E-state index contributed by atoms with van der Waals surface area (Å²) in [7, 11) is -2.41. The molecule has 0 saturated heterocycles. The molecule has 3 aromatic heterocycles. The van der Waals surface area contributed by atoms with Gasteiger partial charge in [0.1, 0.15) is 22.8 Å². The molecule has 4 aromatic rings. The van der Waals surface area contributed by atoms with Crippen LogP contribution in [0.25, 0.3) is 33.8 Å². The number of hydrogen-bond acceptors (Lipinski definition) is 5. The molecule has 0 radical (unpaired) electrons. The lowest BCUT2D eigenvalue weighted by molar-refractivity contribution is -0.138. The Morgan fingerprint density at radius 2 is 1.67 bits per heavy atom. The number of aryl methyl sites for hydroxylation is 1. The summed E-state index contributed by atoms with van der Waals surface area (Å²) in [5.74, 6) is -2.29. The molecule has 0 bridgehead atoms. The quantitative estimate of drug-likeness (QED) is 0.316. The van der Waals surface area contributed by atoms with Crippen molar-refractivity contribution in [3.8, 4) is 22.6 Å². The number of hydrogen-bond donors (Lipinski definition) is 0. The molecule has 3 heterocycles. The third kappa shape index (κ3) is 4.23. The number of imidazole rings is 1. The third-order valence-corrected chi connectivity index (χ3v) is 7.86. The van der Waals surface area contributed by atoms with Gasteiger partial charge in [0, 0.05) is 30.8 Å². The van der Waals surface area contributed by atoms with E-state index in [1.54, 1.807) is 0 Å². The molecule has 0 unspecified atom stereocenters. The Labute approximate surface area is 202 Å². The molecule has 1 aromatic carbocycles. The summed E-state index contributed by atoms with van der Waals surface area (Å²) in [6.45, 7) is 1.42. The highest BCUT2D eigenvalue weighted by atomic mass is 32.2. The SMILES string of the molecule is CCS(=O)(=O)c1cc(-c2cc(F)cc(F)c2)cnc1-c1nc2cc(C(F)(F)F)c(C3CC3)nc2n1C. The molecule has 0 N–H and O–H groups in total. The van der Waals surface area contributed by atoms with Crippen LogP contribution in [0.5, 0.6) is 0 Å². The van der Waals surface area contributed by atoms with E-state index < -0.39 is 33.2 Å². The first-order valence-electron chi connectivity index (χ1n) is 11.0. The van der Waals surface area contributed by atoms with Gasteiger partial charge in [-0.2, -0.15) is 13.2 Å². The summed E-state index contributed by atoms with van der Waals surface area (Å²) in [5.41, 5.74) is -0.673. The van der Waals surface area contributed by atoms with Crippen molar-refractivity contribution in [2.45, 2.75) is 36.8 Å². The molecule has 1 aliphatic carbocycles. The summed E-state index contributed by atoms with van der Waals surface area (Å²) in [5, 5.41) is 0. The molecule has 6 nitrogen and oxygen atoms in total. The molecule has 1 fully saturated rings. The average molecular weight is 522 g/mol. The normalized spacial score (nSPS) is 14.5. The molecule has 0 spiro atoms. The maximum Gasteiger partial charge on any atom is 0.418 e. The Hall–Kier alpha value is -3.41. The number of benzene rings is 1. The van der Waals surface area contributed by atoms with Crippen molar-refractivity contribution >= 4 is 21.0 Å². The van der Waals surface area contributed by atoms with Crippen LogP contribution >= 0.6 is 0 Å². The lowest BCUT2D eigenvalue weighted by Crippen LogP contribution is -2.11. The van der Waals surface area contributed by atoms with Gasteiger partial charge in [-0.25, -0.2) is 27.2 Å². The molecular weight excluding hydrogens is 503 g/mol. The number of alkyl halides is 3. The van der Waals surface area contributed by atoms with E-state index in [0.717, 1.165) is 18.2 Å². The molecule has 188 valence electrons. The van der Waals surface area contributed by atoms with Crippen LogP contribution in [0.2, 0.25) is 0 Å². The lowest BCUT2D eigenvalue weighted by atomic mass is 10.1. The van der Waals surface area contributed by atoms with E-state index in [0.29, 0.717) is 18.9 Å². The van der Waals surface area contributed by atoms with Gasteiger partial charge in [-0.3, -0.25) is 4.98 Å². The lowest BCUT2D eigenvalue weighted by Gasteiger charge is -2.12. The van der Waals surface area contributed by atoms with E-state index in [1.807, 2.05) is 0 Å². The third-order valence-electron chi connectivity index (χ3n) is 6.12. The number of rotatable bonds is 5. The molecule has 1 saturated carbocycles. The van der Waals surface area contributed by atoms with Crippen molar-refractivity contribution < 1.29 is 30.4 Å². The molecule has 0 amide bonds. The van der Waals surface area contributed by atoms with Crippen LogP contribution in [-0.2, 0) is 23.1 Å². The number of aromatic nitrogens is 4. The van der Waals surface area contributed by atoms with Gasteiger partial charge in [0.05, 0.1) is 21.9 Å². The predicted molar refractivity (Wildman–Crippen MR) is 122 cm³/mol. The maximum absolute atomic E-state index is 13.8. The minimum atomic E-state index is -4.62. The van der Waals surface area contributed by atoms with Crippen LogP contribution in [0.15, 0.2) is 41.4 Å². The van der Waals surface area contributed by atoms with Gasteiger partial charge < -0.3 is 4.57 Å². The Morgan fingerprint density at radius 1 is 1.00 bits per heavy atom. The van der Waals surface area contributed by atoms with Gasteiger partial charge in [0.15, 0.2) is 21.3 Å². The zero-order valence-corrected chi connectivity index (χ0v) is 19.9. The van der Waals surface area contributed by atoms with Crippen molar-refractivity contribution in [3.05, 3.63) is 59.4 Å². The van der Waals surface area contributed by atoms with Gasteiger partial charge in [0.2, 0.25) is 0 Å². The van der Waals surface area contributed by atoms with Crippen molar-refractivity contribution in [1.29, 1.82) is 0 Å². The molecular formula is C24H19F5N4O2S. The minimum absolute atomic E-state index is 0.00238. The number of sulfone groups is 1. The van der Waals surface area contributed by atoms with E-state index in [4.69, 9.17) is 0 Å². The molecule has 12 heteroatoms. The topological polar surface area (TPSA) is 77.7 Å². The fourth-order valence-electron chi connectivity index (χ4n) is 4.12. The standard InChI is InChI=1S/C24H19F5N4O2S/c1-3-36(34,35)19-8-14(13-6-15(25)9-16(26)7-13)11-30-21(19)23-31-18-10-17(24(27,28)29)20(12-4-5-12)32-22(18)33(23)2/h6-12H,3-5H2,1-2H3. The predicted octanol–water partition coefficient (Wildman–Crippen LogP) is 5.67. The van der Waals surface area contributed by atoms with Crippen LogP contribution in [0.4, 0.5) is 22.0 Å². The molecule has 36 heavy (non-hydrogen) atoms. The molecule has 5 rings (SSSR count). The summed E-state index contributed by atoms with van der Waals surface area (Å²) < 4.78 is 96.0. The van der Waals surface area contributed by atoms with E-state index in [-0.39, 0.29) is 56.1 Å². The first kappa shape index (κ1) is 24.3. The maximum atomic E-state index is 13.8. The van der Waals surface area contributed by atoms with Crippen molar-refractivity contribution in [2.75, 3.05) is 5.75 Å². The van der Waals surface area contributed by atoms with Gasteiger partial charge in [0.25, 0.3) is 0 Å². The highest BCUT2D eigenvalue weighted by Gasteiger charge is 2.40. The number of halogens is 5. The van der Waals surface area contributed by atoms with Gasteiger partial charge in [-0.1, -0.05) is 6.92 Å². The fraction of sp³-hybridized carbons (Fsp3) is 0.292. The van der Waals surface area contributed by atoms with Crippen LogP contribution in [-0.4, -0.2) is 33.7 Å². The fourth-order valence-corrected chi connectivity index (χ4v) is 5.17. The second-order valence-corrected chi connectivity index (χ2v) is 10.9. The molecule has 0 atom stereocenters. The molecule has 1 aliphatic rings. The number of pyridine rings is 2. The van der Waals surface area contributed by atoms with Crippen LogP contribution in [0.1, 0.15) is 36.9 Å². The van der Waals surface area contributed by atoms with Crippen molar-refractivity contribution in [1.82, 2.24) is 19.5 Å². The van der Waals surface area contributed by atoms with Gasteiger partial charge in [-0.05, 0) is 42.7 Å². The summed E-state index contributed by atoms with van der Waals surface area (Å²) in [6, 6.07) is 4.93. The first-order valence-corrected chi connectivity index (χ1v) is 12.7. The zero-order valence-electron chi connectivity index (χ0n) is 19.1. The highest BCUT2D eigenvalue weighted by Crippen LogP contribution is 2.46. The van der Waals surface area contributed by atoms with E-state index >= 15 is 0 Å². The van der Waals surface area contributed by atoms with E-state index in [2.05, 4.69) is 15.0 Å². The van der Waals surface area contributed by atoms with Crippen LogP contribution in [0, 0.1) is 11.6 Å². The summed E-state index contributed by atoms with van der Waals surface area (Å²) in [6.07, 6.45) is -2.17. The Bertz CT molecular complexity index is 1610. The Morgan fingerprint density at radius 3 is 2.25 bits per heavy atom. The summed E-state index contributed by atoms with van der Waals surface area (Å²) >= 11 is 0. The second-order valence-electron chi connectivity index (χ2n) is 8.66. The smallest absolute Gasteiger partial charge is 0.310 e. The van der Waals surface area contributed by atoms with E-state index in [9.17, 15) is 30.4 Å². The van der Waals surface area contributed by atoms with Crippen LogP contribution in [0.3, 0.4) is 0 Å². The summed E-state index contributed by atoms with van der Waals surface area (Å²) in [4.78, 5) is 12.5. The van der Waals surface area contributed by atoms with Crippen LogP contribution < -0.4 is 0 Å². The monoisotopic (exact) mass is 522 g/mol. The number of fused-ring (bicyclic) bond motifs is 1. The Balaban J connectivity index is 1.74.